The van der Waals surface area contributed by atoms with Crippen molar-refractivity contribution in [1.29, 1.82) is 0 Å². The van der Waals surface area contributed by atoms with Gasteiger partial charge in [0.25, 0.3) is 5.91 Å². The third-order valence-electron chi connectivity index (χ3n) is 3.49. The van der Waals surface area contributed by atoms with Gasteiger partial charge in [0.2, 0.25) is 10.1 Å². The fourth-order valence-electron chi connectivity index (χ4n) is 1.87. The first-order chi connectivity index (χ1) is 10.6. The molecule has 9 heteroatoms. The molecule has 2 aromatic rings. The first-order valence-corrected chi connectivity index (χ1v) is 7.43. The molecule has 23 heavy (non-hydrogen) atoms. The molecule has 1 aromatic carbocycles. The number of hydrogen-bond acceptors (Lipinski definition) is 5. The molecule has 0 bridgehead atoms. The molecule has 0 spiro atoms. The smallest absolute Gasteiger partial charge is 0.380 e. The van der Waals surface area contributed by atoms with Gasteiger partial charge in [-0.25, -0.2) is 0 Å². The van der Waals surface area contributed by atoms with Crippen LogP contribution in [0.25, 0.3) is 0 Å². The number of aliphatic hydroxyl groups is 1. The Labute approximate surface area is 134 Å². The van der Waals surface area contributed by atoms with Gasteiger partial charge >= 0.3 is 6.18 Å². The maximum atomic E-state index is 12.5. The minimum atomic E-state index is -4.62. The first kappa shape index (κ1) is 17.4. The fourth-order valence-corrected chi connectivity index (χ4v) is 2.48. The van der Waals surface area contributed by atoms with E-state index in [1.807, 2.05) is 0 Å². The Kier molecular flexibility index (Phi) is 4.71. The summed E-state index contributed by atoms with van der Waals surface area (Å²) in [5.74, 6) is -1.42. The summed E-state index contributed by atoms with van der Waals surface area (Å²) >= 11 is 0.202. The number of anilines is 1. The highest BCUT2D eigenvalue weighted by atomic mass is 32.1. The van der Waals surface area contributed by atoms with Crippen LogP contribution in [0, 0.1) is 0 Å². The average molecular weight is 345 g/mol. The molecule has 2 N–H and O–H groups in total. The molecule has 0 saturated heterocycles. The first-order valence-electron chi connectivity index (χ1n) is 6.62. The van der Waals surface area contributed by atoms with Crippen LogP contribution in [-0.4, -0.2) is 26.8 Å². The van der Waals surface area contributed by atoms with Crippen LogP contribution in [0.3, 0.4) is 0 Å². The van der Waals surface area contributed by atoms with E-state index in [1.54, 1.807) is 37.3 Å². The van der Waals surface area contributed by atoms with Crippen molar-refractivity contribution in [3.8, 4) is 0 Å². The summed E-state index contributed by atoms with van der Waals surface area (Å²) in [4.78, 5) is 12.2. The lowest BCUT2D eigenvalue weighted by molar-refractivity contribution is -0.138. The zero-order valence-electron chi connectivity index (χ0n) is 12.3. The van der Waals surface area contributed by atoms with E-state index in [-0.39, 0.29) is 16.5 Å². The number of alkyl halides is 3. The van der Waals surface area contributed by atoms with E-state index >= 15 is 0 Å². The third-order valence-corrected chi connectivity index (χ3v) is 4.37. The second kappa shape index (κ2) is 6.25. The van der Waals surface area contributed by atoms with Gasteiger partial charge in [0.15, 0.2) is 0 Å². The van der Waals surface area contributed by atoms with E-state index in [1.165, 1.54) is 6.92 Å². The summed E-state index contributed by atoms with van der Waals surface area (Å²) in [6.07, 6.45) is -4.62. The molecule has 2 rings (SSSR count). The maximum Gasteiger partial charge on any atom is 0.445 e. The van der Waals surface area contributed by atoms with Crippen LogP contribution < -0.4 is 5.32 Å². The molecule has 5 nitrogen and oxygen atoms in total. The Morgan fingerprint density at radius 2 is 1.87 bits per heavy atom. The van der Waals surface area contributed by atoms with Crippen LogP contribution in [0.5, 0.6) is 0 Å². The minimum Gasteiger partial charge on any atom is -0.380 e. The molecular formula is C14H14F3N3O2S. The Bertz CT molecular complexity index is 686. The van der Waals surface area contributed by atoms with Crippen molar-refractivity contribution in [2.75, 3.05) is 5.32 Å². The van der Waals surface area contributed by atoms with Crippen molar-refractivity contribution in [3.63, 3.8) is 0 Å². The highest BCUT2D eigenvalue weighted by molar-refractivity contribution is 7.15. The number of carbonyl (C=O) groups excluding carboxylic acids is 1. The van der Waals surface area contributed by atoms with Crippen LogP contribution in [0.2, 0.25) is 0 Å². The summed E-state index contributed by atoms with van der Waals surface area (Å²) in [6.45, 7) is 2.95. The quantitative estimate of drug-likeness (QED) is 0.893. The molecular weight excluding hydrogens is 331 g/mol. The number of halogens is 3. The van der Waals surface area contributed by atoms with Gasteiger partial charge < -0.3 is 5.11 Å². The van der Waals surface area contributed by atoms with E-state index in [0.29, 0.717) is 0 Å². The summed E-state index contributed by atoms with van der Waals surface area (Å²) in [5.41, 5.74) is -1.10. The van der Waals surface area contributed by atoms with Crippen molar-refractivity contribution in [2.24, 2.45) is 0 Å². The second-order valence-corrected chi connectivity index (χ2v) is 6.12. The van der Waals surface area contributed by atoms with Crippen LogP contribution in [0.15, 0.2) is 30.3 Å². The van der Waals surface area contributed by atoms with Crippen molar-refractivity contribution >= 4 is 22.4 Å². The van der Waals surface area contributed by atoms with E-state index in [9.17, 15) is 23.1 Å². The summed E-state index contributed by atoms with van der Waals surface area (Å²) in [7, 11) is 0. The van der Waals surface area contributed by atoms with Gasteiger partial charge in [-0.2, -0.15) is 13.2 Å². The molecule has 0 aliphatic heterocycles. The number of benzene rings is 1. The highest BCUT2D eigenvalue weighted by Crippen LogP contribution is 2.34. The van der Waals surface area contributed by atoms with Crippen molar-refractivity contribution in [3.05, 3.63) is 40.9 Å². The number of hydrogen-bond donors (Lipinski definition) is 2. The van der Waals surface area contributed by atoms with Gasteiger partial charge in [0, 0.05) is 5.92 Å². The normalized spacial score (nSPS) is 15.7. The van der Waals surface area contributed by atoms with Crippen LogP contribution in [0.4, 0.5) is 18.3 Å². The molecule has 1 aromatic heterocycles. The largest absolute Gasteiger partial charge is 0.445 e. The molecule has 124 valence electrons. The van der Waals surface area contributed by atoms with Crippen LogP contribution >= 0.6 is 11.3 Å². The van der Waals surface area contributed by atoms with Crippen LogP contribution in [-0.2, 0) is 11.0 Å². The second-order valence-electron chi connectivity index (χ2n) is 5.14. The summed E-state index contributed by atoms with van der Waals surface area (Å²) in [5, 5.41) is 17.4. The van der Waals surface area contributed by atoms with Crippen LogP contribution in [0.1, 0.15) is 30.3 Å². The number of amides is 1. The zero-order valence-corrected chi connectivity index (χ0v) is 13.1. The molecule has 0 fully saturated rings. The highest BCUT2D eigenvalue weighted by Gasteiger charge is 2.39. The van der Waals surface area contributed by atoms with Gasteiger partial charge in [0.05, 0.1) is 0 Å². The predicted molar refractivity (Wildman–Crippen MR) is 79.0 cm³/mol. The Morgan fingerprint density at radius 1 is 1.26 bits per heavy atom. The number of carbonyl (C=O) groups is 1. The molecule has 1 amide bonds. The monoisotopic (exact) mass is 345 g/mol. The number of nitrogens with one attached hydrogen (secondary N) is 1. The van der Waals surface area contributed by atoms with Gasteiger partial charge in [-0.15, -0.1) is 10.2 Å². The minimum absolute atomic E-state index is 0.202. The summed E-state index contributed by atoms with van der Waals surface area (Å²) < 4.78 is 37.4. The lowest BCUT2D eigenvalue weighted by Gasteiger charge is -2.28. The number of nitrogens with zero attached hydrogens (tertiary/aromatic N) is 2. The maximum absolute atomic E-state index is 12.5. The van der Waals surface area contributed by atoms with E-state index in [4.69, 9.17) is 0 Å². The lowest BCUT2D eigenvalue weighted by Crippen LogP contribution is -2.44. The van der Waals surface area contributed by atoms with Gasteiger partial charge in [-0.1, -0.05) is 48.6 Å². The number of rotatable bonds is 4. The standard InChI is InChI=1S/C14H14F3N3O2S/c1-8(9-6-4-3-5-7-9)13(2,22)10(21)18-12-20-19-11(23-12)14(15,16)17/h3-8,22H,1-2H3,(H,18,20,21)/t8-,13-/m1/s1. The van der Waals surface area contributed by atoms with Gasteiger partial charge in [0.1, 0.15) is 5.60 Å². The van der Waals surface area contributed by atoms with Crippen molar-refractivity contribution < 1.29 is 23.1 Å². The van der Waals surface area contributed by atoms with Crippen molar-refractivity contribution in [1.82, 2.24) is 10.2 Å². The number of aromatic nitrogens is 2. The van der Waals surface area contributed by atoms with E-state index in [0.717, 1.165) is 5.56 Å². The molecule has 2 atom stereocenters. The van der Waals surface area contributed by atoms with Gasteiger partial charge in [-0.3, -0.25) is 10.1 Å². The SMILES string of the molecule is C[C@H](c1ccccc1)[C@@](C)(O)C(=O)Nc1nnc(C(F)(F)F)s1. The Hall–Kier alpha value is -2.00. The molecule has 0 aliphatic rings. The molecule has 1 heterocycles. The fraction of sp³-hybridized carbons (Fsp3) is 0.357. The summed E-state index contributed by atoms with van der Waals surface area (Å²) in [6, 6.07) is 8.82. The van der Waals surface area contributed by atoms with E-state index < -0.39 is 28.6 Å². The topological polar surface area (TPSA) is 75.1 Å². The molecule has 0 radical (unpaired) electrons. The van der Waals surface area contributed by atoms with Crippen molar-refractivity contribution in [2.45, 2.75) is 31.5 Å². The van der Waals surface area contributed by atoms with Gasteiger partial charge in [-0.05, 0) is 12.5 Å². The zero-order chi connectivity index (χ0) is 17.3. The Morgan fingerprint density at radius 3 is 2.39 bits per heavy atom. The average Bonchev–Trinajstić information content (AvgIpc) is 2.96. The molecule has 0 aliphatic carbocycles. The predicted octanol–water partition coefficient (Wildman–Crippen LogP) is 3.05. The third kappa shape index (κ3) is 3.85. The van der Waals surface area contributed by atoms with E-state index in [2.05, 4.69) is 15.5 Å². The Balaban J connectivity index is 2.14. The lowest BCUT2D eigenvalue weighted by atomic mass is 9.84. The molecule has 0 saturated carbocycles. The molecule has 0 unspecified atom stereocenters.